The van der Waals surface area contributed by atoms with E-state index in [0.29, 0.717) is 19.3 Å². The van der Waals surface area contributed by atoms with Crippen LogP contribution in [0, 0.1) is 24.2 Å². The number of halogens is 3. The summed E-state index contributed by atoms with van der Waals surface area (Å²) < 4.78 is 39.6. The molecular formula is C16H26F3N. The highest BCUT2D eigenvalue weighted by Gasteiger charge is 2.47. The summed E-state index contributed by atoms with van der Waals surface area (Å²) in [7, 11) is 0. The fourth-order valence-corrected chi connectivity index (χ4v) is 3.27. The Labute approximate surface area is 120 Å². The smallest absolute Gasteiger partial charge is 0.314 e. The van der Waals surface area contributed by atoms with Crippen LogP contribution in [0.2, 0.25) is 0 Å². The van der Waals surface area contributed by atoms with Gasteiger partial charge in [0.05, 0.1) is 5.92 Å². The molecular weight excluding hydrogens is 263 g/mol. The van der Waals surface area contributed by atoms with E-state index >= 15 is 0 Å². The first kappa shape index (κ1) is 17.4. The summed E-state index contributed by atoms with van der Waals surface area (Å²) in [4.78, 5) is 0. The second-order valence-corrected chi connectivity index (χ2v) is 5.75. The molecule has 1 aliphatic carbocycles. The Morgan fingerprint density at radius 3 is 2.60 bits per heavy atom. The van der Waals surface area contributed by atoms with E-state index in [1.807, 2.05) is 6.92 Å². The standard InChI is InChI=1S/C16H26F3N/c1-3-5-6-11-15(20-12-4-2)13-9-7-8-10-14(13)16(17,18)19/h1,13-15,20H,4-12H2,2H3. The van der Waals surface area contributed by atoms with Crippen molar-refractivity contribution in [2.45, 2.75) is 70.5 Å². The SMILES string of the molecule is C#CCCCC(NCCC)C1CCCCC1C(F)(F)F. The van der Waals surface area contributed by atoms with E-state index in [4.69, 9.17) is 6.42 Å². The number of terminal acetylenes is 1. The monoisotopic (exact) mass is 289 g/mol. The zero-order chi connectivity index (χ0) is 15.0. The third kappa shape index (κ3) is 5.36. The average Bonchev–Trinajstić information content (AvgIpc) is 2.42. The van der Waals surface area contributed by atoms with Gasteiger partial charge in [-0.15, -0.1) is 12.3 Å². The van der Waals surface area contributed by atoms with Crippen molar-refractivity contribution in [2.24, 2.45) is 11.8 Å². The van der Waals surface area contributed by atoms with Gasteiger partial charge in [-0.1, -0.05) is 19.8 Å². The van der Waals surface area contributed by atoms with Crippen LogP contribution in [-0.2, 0) is 0 Å². The van der Waals surface area contributed by atoms with Crippen LogP contribution >= 0.6 is 0 Å². The molecule has 116 valence electrons. The van der Waals surface area contributed by atoms with E-state index in [1.54, 1.807) is 0 Å². The fourth-order valence-electron chi connectivity index (χ4n) is 3.27. The highest BCUT2D eigenvalue weighted by molar-refractivity contribution is 4.90. The molecule has 1 fully saturated rings. The Balaban J connectivity index is 2.71. The number of alkyl halides is 3. The fraction of sp³-hybridized carbons (Fsp3) is 0.875. The summed E-state index contributed by atoms with van der Waals surface area (Å²) in [6, 6.07) is -0.0461. The number of hydrogen-bond acceptors (Lipinski definition) is 1. The Kier molecular flexibility index (Phi) is 7.43. The molecule has 0 aromatic heterocycles. The van der Waals surface area contributed by atoms with Gasteiger partial charge in [0, 0.05) is 12.5 Å². The summed E-state index contributed by atoms with van der Waals surface area (Å²) in [5, 5.41) is 3.33. The van der Waals surface area contributed by atoms with Gasteiger partial charge in [-0.3, -0.25) is 0 Å². The molecule has 1 rings (SSSR count). The summed E-state index contributed by atoms with van der Waals surface area (Å²) >= 11 is 0. The van der Waals surface area contributed by atoms with Crippen molar-refractivity contribution in [2.75, 3.05) is 6.54 Å². The number of nitrogens with one attached hydrogen (secondary N) is 1. The second-order valence-electron chi connectivity index (χ2n) is 5.75. The average molecular weight is 289 g/mol. The highest BCUT2D eigenvalue weighted by Crippen LogP contribution is 2.43. The third-order valence-corrected chi connectivity index (χ3v) is 4.25. The lowest BCUT2D eigenvalue weighted by Gasteiger charge is -2.38. The molecule has 0 aromatic carbocycles. The van der Waals surface area contributed by atoms with Crippen molar-refractivity contribution in [1.29, 1.82) is 0 Å². The number of hydrogen-bond donors (Lipinski definition) is 1. The first-order valence-electron chi connectivity index (χ1n) is 7.74. The molecule has 1 aliphatic rings. The molecule has 1 N–H and O–H groups in total. The van der Waals surface area contributed by atoms with Crippen LogP contribution in [0.25, 0.3) is 0 Å². The van der Waals surface area contributed by atoms with Crippen LogP contribution in [0.4, 0.5) is 13.2 Å². The van der Waals surface area contributed by atoms with Gasteiger partial charge in [-0.05, 0) is 44.6 Å². The molecule has 0 radical (unpaired) electrons. The normalized spacial score (nSPS) is 25.1. The van der Waals surface area contributed by atoms with Crippen LogP contribution in [0.1, 0.15) is 58.3 Å². The molecule has 1 nitrogen and oxygen atoms in total. The van der Waals surface area contributed by atoms with E-state index in [0.717, 1.165) is 32.2 Å². The number of unbranched alkanes of at least 4 members (excludes halogenated alkanes) is 1. The van der Waals surface area contributed by atoms with Crippen LogP contribution in [-0.4, -0.2) is 18.8 Å². The summed E-state index contributed by atoms with van der Waals surface area (Å²) in [5.74, 6) is 1.15. The van der Waals surface area contributed by atoms with Crippen molar-refractivity contribution < 1.29 is 13.2 Å². The van der Waals surface area contributed by atoms with Crippen molar-refractivity contribution in [3.63, 3.8) is 0 Å². The molecule has 0 amide bonds. The topological polar surface area (TPSA) is 12.0 Å². The minimum Gasteiger partial charge on any atom is -0.314 e. The van der Waals surface area contributed by atoms with Gasteiger partial charge in [-0.25, -0.2) is 0 Å². The van der Waals surface area contributed by atoms with Gasteiger partial charge in [0.2, 0.25) is 0 Å². The van der Waals surface area contributed by atoms with Gasteiger partial charge >= 0.3 is 6.18 Å². The van der Waals surface area contributed by atoms with Gasteiger partial charge in [0.25, 0.3) is 0 Å². The third-order valence-electron chi connectivity index (χ3n) is 4.25. The molecule has 0 spiro atoms. The zero-order valence-electron chi connectivity index (χ0n) is 12.3. The van der Waals surface area contributed by atoms with Gasteiger partial charge in [0.15, 0.2) is 0 Å². The van der Waals surface area contributed by atoms with Crippen LogP contribution in [0.3, 0.4) is 0 Å². The molecule has 0 heterocycles. The molecule has 3 unspecified atom stereocenters. The quantitative estimate of drug-likeness (QED) is 0.536. The maximum absolute atomic E-state index is 13.2. The van der Waals surface area contributed by atoms with Crippen LogP contribution < -0.4 is 5.32 Å². The maximum atomic E-state index is 13.2. The van der Waals surface area contributed by atoms with Crippen molar-refractivity contribution in [3.8, 4) is 12.3 Å². The Morgan fingerprint density at radius 2 is 2.00 bits per heavy atom. The zero-order valence-corrected chi connectivity index (χ0v) is 12.3. The Hall–Kier alpha value is -0.690. The largest absolute Gasteiger partial charge is 0.392 e. The van der Waals surface area contributed by atoms with E-state index in [-0.39, 0.29) is 18.4 Å². The predicted molar refractivity (Wildman–Crippen MR) is 76.3 cm³/mol. The second kappa shape index (κ2) is 8.56. The first-order valence-corrected chi connectivity index (χ1v) is 7.74. The number of rotatable bonds is 7. The minimum absolute atomic E-state index is 0.0461. The molecule has 0 bridgehead atoms. The molecule has 0 aromatic rings. The summed E-state index contributed by atoms with van der Waals surface area (Å²) in [5.41, 5.74) is 0. The van der Waals surface area contributed by atoms with Crippen LogP contribution in [0.15, 0.2) is 0 Å². The lowest BCUT2D eigenvalue weighted by molar-refractivity contribution is -0.199. The molecule has 20 heavy (non-hydrogen) atoms. The molecule has 1 saturated carbocycles. The Morgan fingerprint density at radius 1 is 1.30 bits per heavy atom. The molecule has 0 saturated heterocycles. The maximum Gasteiger partial charge on any atom is 0.392 e. The van der Waals surface area contributed by atoms with Gasteiger partial charge < -0.3 is 5.32 Å². The molecule has 3 atom stereocenters. The molecule has 4 heteroatoms. The lowest BCUT2D eigenvalue weighted by atomic mass is 9.73. The summed E-state index contributed by atoms with van der Waals surface area (Å²) in [6.45, 7) is 2.81. The van der Waals surface area contributed by atoms with Crippen molar-refractivity contribution >= 4 is 0 Å². The Bertz CT molecular complexity index is 306. The van der Waals surface area contributed by atoms with Crippen molar-refractivity contribution in [3.05, 3.63) is 0 Å². The van der Waals surface area contributed by atoms with Gasteiger partial charge in [-0.2, -0.15) is 13.2 Å². The highest BCUT2D eigenvalue weighted by atomic mass is 19.4. The van der Waals surface area contributed by atoms with E-state index < -0.39 is 12.1 Å². The first-order chi connectivity index (χ1) is 9.50. The molecule has 0 aliphatic heterocycles. The van der Waals surface area contributed by atoms with Gasteiger partial charge in [0.1, 0.15) is 0 Å². The minimum atomic E-state index is -4.07. The van der Waals surface area contributed by atoms with E-state index in [2.05, 4.69) is 11.2 Å². The lowest BCUT2D eigenvalue weighted by Crippen LogP contribution is -2.46. The van der Waals surface area contributed by atoms with E-state index in [9.17, 15) is 13.2 Å². The van der Waals surface area contributed by atoms with Crippen molar-refractivity contribution in [1.82, 2.24) is 5.32 Å². The van der Waals surface area contributed by atoms with Crippen LogP contribution in [0.5, 0.6) is 0 Å². The van der Waals surface area contributed by atoms with E-state index in [1.165, 1.54) is 0 Å². The summed E-state index contributed by atoms with van der Waals surface area (Å²) in [6.07, 6.45) is 6.90. The predicted octanol–water partition coefficient (Wildman–Crippen LogP) is 4.53.